The lowest BCUT2D eigenvalue weighted by atomic mass is 9.95. The van der Waals surface area contributed by atoms with Gasteiger partial charge in [0, 0.05) is 31.1 Å². The molecule has 126 valence electrons. The molecule has 4 nitrogen and oxygen atoms in total. The van der Waals surface area contributed by atoms with Crippen LogP contribution in [0.2, 0.25) is 0 Å². The number of hydrogen-bond donors (Lipinski definition) is 1. The van der Waals surface area contributed by atoms with E-state index in [9.17, 15) is 14.0 Å². The first-order valence-electron chi connectivity index (χ1n) is 8.36. The van der Waals surface area contributed by atoms with Crippen LogP contribution in [0.25, 0.3) is 0 Å². The molecule has 0 aromatic heterocycles. The Kier molecular flexibility index (Phi) is 6.13. The highest BCUT2D eigenvalue weighted by Gasteiger charge is 2.31. The summed E-state index contributed by atoms with van der Waals surface area (Å²) in [5, 5.41) is 3.05. The van der Waals surface area contributed by atoms with Crippen molar-refractivity contribution in [3.63, 3.8) is 0 Å². The van der Waals surface area contributed by atoms with Crippen molar-refractivity contribution in [2.45, 2.75) is 52.1 Å². The quantitative estimate of drug-likeness (QED) is 0.876. The van der Waals surface area contributed by atoms with E-state index < -0.39 is 0 Å². The largest absolute Gasteiger partial charge is 0.353 e. The van der Waals surface area contributed by atoms with Gasteiger partial charge in [-0.2, -0.15) is 0 Å². The number of rotatable bonds is 6. The minimum absolute atomic E-state index is 0.00438. The summed E-state index contributed by atoms with van der Waals surface area (Å²) >= 11 is 0. The van der Waals surface area contributed by atoms with Crippen LogP contribution in [-0.2, 0) is 16.1 Å². The van der Waals surface area contributed by atoms with Crippen LogP contribution in [-0.4, -0.2) is 29.3 Å². The molecule has 0 bridgehead atoms. The summed E-state index contributed by atoms with van der Waals surface area (Å²) < 4.78 is 13.8. The lowest BCUT2D eigenvalue weighted by molar-refractivity contribution is -0.139. The maximum Gasteiger partial charge on any atom is 0.225 e. The Morgan fingerprint density at radius 3 is 2.70 bits per heavy atom. The zero-order valence-electron chi connectivity index (χ0n) is 13.8. The molecule has 0 aliphatic carbocycles. The Morgan fingerprint density at radius 2 is 2.04 bits per heavy atom. The van der Waals surface area contributed by atoms with Crippen LogP contribution >= 0.6 is 0 Å². The van der Waals surface area contributed by atoms with Gasteiger partial charge in [-0.05, 0) is 25.3 Å². The zero-order chi connectivity index (χ0) is 16.8. The Balaban J connectivity index is 2.00. The molecule has 0 spiro atoms. The maximum absolute atomic E-state index is 13.8. The van der Waals surface area contributed by atoms with E-state index in [-0.39, 0.29) is 36.1 Å². The molecule has 1 aliphatic rings. The number of carbonyl (C=O) groups is 2. The van der Waals surface area contributed by atoms with E-state index in [1.54, 1.807) is 23.1 Å². The van der Waals surface area contributed by atoms with E-state index in [0.717, 1.165) is 12.8 Å². The van der Waals surface area contributed by atoms with Crippen LogP contribution in [0.15, 0.2) is 24.3 Å². The molecule has 0 unspecified atom stereocenters. The SMILES string of the molecule is CCC(CC)NC(=O)[C@H]1CCC(=O)N(Cc2ccccc2F)C1. The Bertz CT molecular complexity index is 558. The van der Waals surface area contributed by atoms with Gasteiger partial charge >= 0.3 is 0 Å². The predicted molar refractivity (Wildman–Crippen MR) is 87.1 cm³/mol. The van der Waals surface area contributed by atoms with Crippen molar-refractivity contribution in [1.82, 2.24) is 10.2 Å². The monoisotopic (exact) mass is 320 g/mol. The van der Waals surface area contributed by atoms with Gasteiger partial charge in [-0.25, -0.2) is 4.39 Å². The molecule has 2 rings (SSSR count). The van der Waals surface area contributed by atoms with Crippen LogP contribution < -0.4 is 5.32 Å². The summed E-state index contributed by atoms with van der Waals surface area (Å²) in [5.41, 5.74) is 0.488. The highest BCUT2D eigenvalue weighted by molar-refractivity contribution is 5.84. The van der Waals surface area contributed by atoms with E-state index in [4.69, 9.17) is 0 Å². The van der Waals surface area contributed by atoms with Crippen molar-refractivity contribution in [2.24, 2.45) is 5.92 Å². The molecular formula is C18H25FN2O2. The number of nitrogens with zero attached hydrogens (tertiary/aromatic N) is 1. The van der Waals surface area contributed by atoms with Crippen molar-refractivity contribution in [2.75, 3.05) is 6.54 Å². The molecule has 5 heteroatoms. The fraction of sp³-hybridized carbons (Fsp3) is 0.556. The second-order valence-corrected chi connectivity index (χ2v) is 6.12. The number of amides is 2. The molecule has 1 aromatic rings. The zero-order valence-corrected chi connectivity index (χ0v) is 13.8. The first-order chi connectivity index (χ1) is 11.0. The number of piperidine rings is 1. The Labute approximate surface area is 137 Å². The first-order valence-corrected chi connectivity index (χ1v) is 8.36. The third-order valence-corrected chi connectivity index (χ3v) is 4.52. The van der Waals surface area contributed by atoms with Crippen LogP contribution in [0.3, 0.4) is 0 Å². The van der Waals surface area contributed by atoms with E-state index in [1.165, 1.54) is 6.07 Å². The van der Waals surface area contributed by atoms with Crippen LogP contribution in [0.1, 0.15) is 45.1 Å². The lowest BCUT2D eigenvalue weighted by Gasteiger charge is -2.32. The van der Waals surface area contributed by atoms with Gasteiger partial charge < -0.3 is 10.2 Å². The molecule has 1 saturated heterocycles. The second kappa shape index (κ2) is 8.09. The maximum atomic E-state index is 13.8. The highest BCUT2D eigenvalue weighted by atomic mass is 19.1. The fourth-order valence-corrected chi connectivity index (χ4v) is 2.93. The molecular weight excluding hydrogens is 295 g/mol. The standard InChI is InChI=1S/C18H25FN2O2/c1-3-15(4-2)20-18(23)14-9-10-17(22)21(12-14)11-13-7-5-6-8-16(13)19/h5-8,14-15H,3-4,9-12H2,1-2H3,(H,20,23)/t14-/m0/s1. The minimum atomic E-state index is -0.316. The van der Waals surface area contributed by atoms with Gasteiger partial charge in [0.15, 0.2) is 0 Å². The van der Waals surface area contributed by atoms with Gasteiger partial charge in [0.25, 0.3) is 0 Å². The molecule has 1 aromatic carbocycles. The summed E-state index contributed by atoms with van der Waals surface area (Å²) in [6, 6.07) is 6.63. The number of nitrogens with one attached hydrogen (secondary N) is 1. The van der Waals surface area contributed by atoms with Crippen LogP contribution in [0.4, 0.5) is 4.39 Å². The second-order valence-electron chi connectivity index (χ2n) is 6.12. The molecule has 1 heterocycles. The first kappa shape index (κ1) is 17.4. The topological polar surface area (TPSA) is 49.4 Å². The molecule has 0 saturated carbocycles. The highest BCUT2D eigenvalue weighted by Crippen LogP contribution is 2.21. The van der Waals surface area contributed by atoms with Gasteiger partial charge in [-0.3, -0.25) is 9.59 Å². The number of likely N-dealkylation sites (tertiary alicyclic amines) is 1. The Morgan fingerprint density at radius 1 is 1.35 bits per heavy atom. The van der Waals surface area contributed by atoms with Gasteiger partial charge in [0.1, 0.15) is 5.82 Å². The fourth-order valence-electron chi connectivity index (χ4n) is 2.93. The Hall–Kier alpha value is -1.91. The molecule has 23 heavy (non-hydrogen) atoms. The molecule has 1 atom stereocenters. The minimum Gasteiger partial charge on any atom is -0.353 e. The number of carbonyl (C=O) groups excluding carboxylic acids is 2. The van der Waals surface area contributed by atoms with Crippen LogP contribution in [0.5, 0.6) is 0 Å². The van der Waals surface area contributed by atoms with Crippen molar-refractivity contribution < 1.29 is 14.0 Å². The van der Waals surface area contributed by atoms with Crippen LogP contribution in [0, 0.1) is 11.7 Å². The summed E-state index contributed by atoms with van der Waals surface area (Å²) in [6.45, 7) is 4.67. The molecule has 1 aliphatic heterocycles. The van der Waals surface area contributed by atoms with Gasteiger partial charge in [-0.15, -0.1) is 0 Å². The van der Waals surface area contributed by atoms with E-state index in [1.807, 2.05) is 13.8 Å². The average molecular weight is 320 g/mol. The van der Waals surface area contributed by atoms with Crippen molar-refractivity contribution in [1.29, 1.82) is 0 Å². The average Bonchev–Trinajstić information content (AvgIpc) is 2.56. The van der Waals surface area contributed by atoms with Crippen molar-refractivity contribution in [3.05, 3.63) is 35.6 Å². The van der Waals surface area contributed by atoms with E-state index in [2.05, 4.69) is 5.32 Å². The number of benzene rings is 1. The third kappa shape index (κ3) is 4.53. The summed E-state index contributed by atoms with van der Waals surface area (Å²) in [7, 11) is 0. The van der Waals surface area contributed by atoms with Gasteiger partial charge in [0.2, 0.25) is 11.8 Å². The van der Waals surface area contributed by atoms with Crippen molar-refractivity contribution in [3.8, 4) is 0 Å². The number of hydrogen-bond acceptors (Lipinski definition) is 2. The molecule has 2 amide bonds. The number of halogens is 1. The van der Waals surface area contributed by atoms with Gasteiger partial charge in [-0.1, -0.05) is 32.0 Å². The van der Waals surface area contributed by atoms with E-state index in [0.29, 0.717) is 24.9 Å². The third-order valence-electron chi connectivity index (χ3n) is 4.52. The van der Waals surface area contributed by atoms with E-state index >= 15 is 0 Å². The molecule has 1 N–H and O–H groups in total. The summed E-state index contributed by atoms with van der Waals surface area (Å²) in [5.74, 6) is -0.534. The van der Waals surface area contributed by atoms with Crippen molar-refractivity contribution >= 4 is 11.8 Å². The predicted octanol–water partition coefficient (Wildman–Crippen LogP) is 2.87. The summed E-state index contributed by atoms with van der Waals surface area (Å²) in [6.07, 6.45) is 2.70. The van der Waals surface area contributed by atoms with Gasteiger partial charge in [0.05, 0.1) is 5.92 Å². The summed E-state index contributed by atoms with van der Waals surface area (Å²) in [4.78, 5) is 26.1. The lowest BCUT2D eigenvalue weighted by Crippen LogP contribution is -2.47. The smallest absolute Gasteiger partial charge is 0.225 e. The molecule has 1 fully saturated rings. The normalized spacial score (nSPS) is 18.3. The molecule has 0 radical (unpaired) electrons.